The van der Waals surface area contributed by atoms with Crippen LogP contribution in [0.25, 0.3) is 0 Å². The Morgan fingerprint density at radius 2 is 1.81 bits per heavy atom. The SMILES string of the molecule is COc1ccc(Cl)cc1S(=O)(=O)N1CCC[C@@H](C(=O)N2CCCCCC2)C1. The van der Waals surface area contributed by atoms with Crippen molar-refractivity contribution in [2.75, 3.05) is 33.3 Å². The molecule has 0 unspecified atom stereocenters. The van der Waals surface area contributed by atoms with E-state index in [0.717, 1.165) is 45.2 Å². The van der Waals surface area contributed by atoms with E-state index in [0.29, 0.717) is 18.0 Å². The van der Waals surface area contributed by atoms with Gasteiger partial charge in [0.2, 0.25) is 15.9 Å². The summed E-state index contributed by atoms with van der Waals surface area (Å²) in [6, 6.07) is 4.57. The summed E-state index contributed by atoms with van der Waals surface area (Å²) in [5, 5.41) is 0.337. The summed E-state index contributed by atoms with van der Waals surface area (Å²) in [5.74, 6) is 0.0760. The zero-order valence-electron chi connectivity index (χ0n) is 15.7. The van der Waals surface area contributed by atoms with Crippen LogP contribution in [0.15, 0.2) is 23.1 Å². The number of benzene rings is 1. The van der Waals surface area contributed by atoms with Crippen molar-refractivity contribution in [1.82, 2.24) is 9.21 Å². The predicted octanol–water partition coefficient (Wildman–Crippen LogP) is 3.15. The number of piperidine rings is 1. The van der Waals surface area contributed by atoms with Crippen LogP contribution in [0.3, 0.4) is 0 Å². The number of likely N-dealkylation sites (tertiary alicyclic amines) is 1. The summed E-state index contributed by atoms with van der Waals surface area (Å²) in [6.45, 7) is 2.18. The van der Waals surface area contributed by atoms with E-state index in [4.69, 9.17) is 16.3 Å². The highest BCUT2D eigenvalue weighted by molar-refractivity contribution is 7.89. The van der Waals surface area contributed by atoms with Gasteiger partial charge in [-0.05, 0) is 43.9 Å². The molecule has 8 heteroatoms. The Bertz CT molecular complexity index is 776. The van der Waals surface area contributed by atoms with E-state index in [-0.39, 0.29) is 29.0 Å². The molecule has 0 aliphatic carbocycles. The largest absolute Gasteiger partial charge is 0.495 e. The zero-order valence-corrected chi connectivity index (χ0v) is 17.3. The maximum absolute atomic E-state index is 13.2. The van der Waals surface area contributed by atoms with E-state index in [2.05, 4.69) is 0 Å². The van der Waals surface area contributed by atoms with Gasteiger partial charge in [0.15, 0.2) is 0 Å². The molecule has 1 atom stereocenters. The maximum atomic E-state index is 13.2. The zero-order chi connectivity index (χ0) is 19.4. The van der Waals surface area contributed by atoms with Crippen LogP contribution in [0, 0.1) is 5.92 Å². The molecule has 3 rings (SSSR count). The topological polar surface area (TPSA) is 66.9 Å². The number of rotatable bonds is 4. The van der Waals surface area contributed by atoms with Gasteiger partial charge in [0.1, 0.15) is 10.6 Å². The molecule has 0 N–H and O–H groups in total. The second-order valence-electron chi connectivity index (χ2n) is 7.24. The molecule has 2 saturated heterocycles. The Balaban J connectivity index is 1.79. The number of nitrogens with zero attached hydrogens (tertiary/aromatic N) is 2. The molecule has 27 heavy (non-hydrogen) atoms. The smallest absolute Gasteiger partial charge is 0.246 e. The highest BCUT2D eigenvalue weighted by atomic mass is 35.5. The van der Waals surface area contributed by atoms with E-state index in [1.807, 2.05) is 4.90 Å². The van der Waals surface area contributed by atoms with E-state index in [1.165, 1.54) is 17.5 Å². The molecule has 0 aromatic heterocycles. The van der Waals surface area contributed by atoms with E-state index in [1.54, 1.807) is 12.1 Å². The Labute approximate surface area is 166 Å². The second-order valence-corrected chi connectivity index (χ2v) is 9.58. The average Bonchev–Trinajstić information content (AvgIpc) is 2.97. The van der Waals surface area contributed by atoms with E-state index >= 15 is 0 Å². The number of halogens is 1. The van der Waals surface area contributed by atoms with E-state index < -0.39 is 10.0 Å². The standard InChI is InChI=1S/C19H27ClN2O4S/c1-26-17-9-8-16(20)13-18(17)27(24,25)22-12-6-7-15(14-22)19(23)21-10-4-2-3-5-11-21/h8-9,13,15H,2-7,10-12,14H2,1H3/t15-/m1/s1. The van der Waals surface area contributed by atoms with Crippen LogP contribution in [0.5, 0.6) is 5.75 Å². The molecule has 6 nitrogen and oxygen atoms in total. The summed E-state index contributed by atoms with van der Waals surface area (Å²) < 4.78 is 33.0. The van der Waals surface area contributed by atoms with Crippen molar-refractivity contribution >= 4 is 27.5 Å². The monoisotopic (exact) mass is 414 g/mol. The minimum atomic E-state index is -3.78. The molecule has 2 aliphatic rings. The third-order valence-electron chi connectivity index (χ3n) is 5.39. The molecular weight excluding hydrogens is 388 g/mol. The maximum Gasteiger partial charge on any atom is 0.246 e. The molecule has 0 saturated carbocycles. The summed E-state index contributed by atoms with van der Waals surface area (Å²) >= 11 is 6.02. The van der Waals surface area contributed by atoms with Crippen molar-refractivity contribution in [3.8, 4) is 5.75 Å². The lowest BCUT2D eigenvalue weighted by atomic mass is 9.98. The van der Waals surface area contributed by atoms with Gasteiger partial charge in [0.05, 0.1) is 13.0 Å². The normalized spacial score (nSPS) is 22.3. The van der Waals surface area contributed by atoms with Crippen LogP contribution in [-0.4, -0.2) is 56.8 Å². The highest BCUT2D eigenvalue weighted by Crippen LogP contribution is 2.32. The number of methoxy groups -OCH3 is 1. The number of hydrogen-bond donors (Lipinski definition) is 0. The number of carbonyl (C=O) groups excluding carboxylic acids is 1. The molecule has 1 aromatic carbocycles. The third kappa shape index (κ3) is 4.58. The molecule has 2 fully saturated rings. The van der Waals surface area contributed by atoms with Crippen molar-refractivity contribution in [1.29, 1.82) is 0 Å². The van der Waals surface area contributed by atoms with Gasteiger partial charge >= 0.3 is 0 Å². The summed E-state index contributed by atoms with van der Waals surface area (Å²) in [7, 11) is -2.34. The average molecular weight is 415 g/mol. The number of hydrogen-bond acceptors (Lipinski definition) is 4. The van der Waals surface area contributed by atoms with Crippen LogP contribution < -0.4 is 4.74 Å². The van der Waals surface area contributed by atoms with Gasteiger partial charge in [-0.15, -0.1) is 0 Å². The fourth-order valence-corrected chi connectivity index (χ4v) is 5.84. The second kappa shape index (κ2) is 8.80. The molecular formula is C19H27ClN2O4S. The molecule has 0 radical (unpaired) electrons. The molecule has 2 heterocycles. The molecule has 150 valence electrons. The quantitative estimate of drug-likeness (QED) is 0.759. The van der Waals surface area contributed by atoms with Crippen molar-refractivity contribution in [2.24, 2.45) is 5.92 Å². The lowest BCUT2D eigenvalue weighted by molar-refractivity contribution is -0.136. The van der Waals surface area contributed by atoms with Gasteiger partial charge in [-0.1, -0.05) is 24.4 Å². The van der Waals surface area contributed by atoms with Crippen molar-refractivity contribution in [3.63, 3.8) is 0 Å². The van der Waals surface area contributed by atoms with Crippen molar-refractivity contribution in [2.45, 2.75) is 43.4 Å². The van der Waals surface area contributed by atoms with Crippen molar-refractivity contribution in [3.05, 3.63) is 23.2 Å². The van der Waals surface area contributed by atoms with Gasteiger partial charge < -0.3 is 9.64 Å². The van der Waals surface area contributed by atoms with Crippen LogP contribution in [0.2, 0.25) is 5.02 Å². The van der Waals surface area contributed by atoms with Gasteiger partial charge in [-0.25, -0.2) is 8.42 Å². The van der Waals surface area contributed by atoms with Crippen LogP contribution >= 0.6 is 11.6 Å². The Morgan fingerprint density at radius 3 is 2.48 bits per heavy atom. The predicted molar refractivity (Wildman–Crippen MR) is 105 cm³/mol. The number of ether oxygens (including phenoxy) is 1. The summed E-state index contributed by atoms with van der Waals surface area (Å²) in [6.07, 6.45) is 5.77. The molecule has 1 amide bonds. The first-order valence-corrected chi connectivity index (χ1v) is 11.4. The third-order valence-corrected chi connectivity index (χ3v) is 7.52. The summed E-state index contributed by atoms with van der Waals surface area (Å²) in [5.41, 5.74) is 0. The molecule has 0 bridgehead atoms. The lowest BCUT2D eigenvalue weighted by Crippen LogP contribution is -2.47. The molecule has 0 spiro atoms. The first kappa shape index (κ1) is 20.4. The van der Waals surface area contributed by atoms with Gasteiger partial charge in [-0.2, -0.15) is 4.31 Å². The number of amides is 1. The lowest BCUT2D eigenvalue weighted by Gasteiger charge is -2.34. The first-order valence-electron chi connectivity index (χ1n) is 9.56. The Kier molecular flexibility index (Phi) is 6.65. The first-order chi connectivity index (χ1) is 12.9. The fraction of sp³-hybridized carbons (Fsp3) is 0.632. The van der Waals surface area contributed by atoms with Crippen molar-refractivity contribution < 1.29 is 17.9 Å². The highest BCUT2D eigenvalue weighted by Gasteiger charge is 2.36. The Morgan fingerprint density at radius 1 is 1.11 bits per heavy atom. The Hall–Kier alpha value is -1.31. The van der Waals surface area contributed by atoms with Gasteiger partial charge in [-0.3, -0.25) is 4.79 Å². The minimum absolute atomic E-state index is 0.0559. The van der Waals surface area contributed by atoms with Gasteiger partial charge in [0, 0.05) is 31.2 Å². The van der Waals surface area contributed by atoms with Crippen LogP contribution in [0.4, 0.5) is 0 Å². The number of carbonyl (C=O) groups is 1. The number of sulfonamides is 1. The van der Waals surface area contributed by atoms with Crippen LogP contribution in [-0.2, 0) is 14.8 Å². The fourth-order valence-electron chi connectivity index (χ4n) is 3.90. The molecule has 2 aliphatic heterocycles. The molecule has 1 aromatic rings. The van der Waals surface area contributed by atoms with Gasteiger partial charge in [0.25, 0.3) is 0 Å². The minimum Gasteiger partial charge on any atom is -0.495 e. The van der Waals surface area contributed by atoms with E-state index in [9.17, 15) is 13.2 Å². The van der Waals surface area contributed by atoms with Crippen LogP contribution in [0.1, 0.15) is 38.5 Å². The summed E-state index contributed by atoms with van der Waals surface area (Å²) in [4.78, 5) is 14.9.